The van der Waals surface area contributed by atoms with Gasteiger partial charge in [-0.25, -0.2) is 0 Å². The molecule has 1 N–H and O–H groups in total. The lowest BCUT2D eigenvalue weighted by molar-refractivity contribution is 0.0952. The van der Waals surface area contributed by atoms with Gasteiger partial charge in [0.15, 0.2) is 17.1 Å². The lowest BCUT2D eigenvalue weighted by atomic mass is 10.0. The number of carbonyl (C=O) groups excluding carboxylic acids is 1. The Balaban J connectivity index is 1.25. The molecule has 0 saturated carbocycles. The van der Waals surface area contributed by atoms with E-state index in [-0.39, 0.29) is 18.3 Å². The summed E-state index contributed by atoms with van der Waals surface area (Å²) in [7, 11) is 1.65. The van der Waals surface area contributed by atoms with Crippen LogP contribution in [0.15, 0.2) is 53.5 Å². The van der Waals surface area contributed by atoms with E-state index in [0.717, 1.165) is 41.2 Å². The summed E-state index contributed by atoms with van der Waals surface area (Å²) in [4.78, 5) is 29.0. The fraction of sp³-hybridized carbons (Fsp3) is 0.321. The molecule has 2 aromatic heterocycles. The molecule has 0 spiro atoms. The number of carbonyl (C=O) groups is 1. The predicted octanol–water partition coefficient (Wildman–Crippen LogP) is 2.74. The predicted molar refractivity (Wildman–Crippen MR) is 140 cm³/mol. The zero-order valence-electron chi connectivity index (χ0n) is 21.4. The molecule has 4 heterocycles. The van der Waals surface area contributed by atoms with E-state index in [1.807, 2.05) is 49.4 Å². The van der Waals surface area contributed by atoms with Gasteiger partial charge in [0.1, 0.15) is 11.3 Å². The largest absolute Gasteiger partial charge is 0.497 e. The van der Waals surface area contributed by atoms with Crippen LogP contribution in [0.3, 0.4) is 0 Å². The first-order chi connectivity index (χ1) is 18.6. The molecule has 4 aromatic rings. The van der Waals surface area contributed by atoms with Crippen LogP contribution < -0.4 is 25.1 Å². The minimum Gasteiger partial charge on any atom is -0.497 e. The number of rotatable bonds is 7. The number of benzene rings is 2. The number of fused-ring (bicyclic) bond motifs is 3. The number of aromatic nitrogens is 3. The van der Waals surface area contributed by atoms with E-state index in [2.05, 4.69) is 19.9 Å². The van der Waals surface area contributed by atoms with Gasteiger partial charge >= 0.3 is 0 Å². The van der Waals surface area contributed by atoms with Crippen molar-refractivity contribution in [2.24, 2.45) is 0 Å². The molecule has 0 aliphatic carbocycles. The Bertz CT molecular complexity index is 1570. The lowest BCUT2D eigenvalue weighted by Gasteiger charge is -2.30. The number of hydrogen-bond donors (Lipinski definition) is 1. The van der Waals surface area contributed by atoms with Crippen LogP contribution in [-0.2, 0) is 32.6 Å². The quantitative estimate of drug-likeness (QED) is 0.404. The molecule has 0 fully saturated rings. The average Bonchev–Trinajstić information content (AvgIpc) is 3.60. The Morgan fingerprint density at radius 1 is 1.11 bits per heavy atom. The Hall–Kier alpha value is -4.31. The summed E-state index contributed by atoms with van der Waals surface area (Å²) in [5, 5.41) is 7.30. The van der Waals surface area contributed by atoms with Gasteiger partial charge in [0.2, 0.25) is 6.79 Å². The zero-order valence-corrected chi connectivity index (χ0v) is 21.4. The van der Waals surface area contributed by atoms with Crippen molar-refractivity contribution in [2.45, 2.75) is 39.5 Å². The molecule has 1 amide bonds. The van der Waals surface area contributed by atoms with Crippen molar-refractivity contribution < 1.29 is 19.0 Å². The molecule has 0 radical (unpaired) electrons. The molecule has 2 aliphatic rings. The van der Waals surface area contributed by atoms with E-state index in [9.17, 15) is 9.59 Å². The summed E-state index contributed by atoms with van der Waals surface area (Å²) in [6.45, 7) is 5.24. The highest BCUT2D eigenvalue weighted by Gasteiger charge is 2.27. The molecule has 2 aliphatic heterocycles. The molecule has 196 valence electrons. The first-order valence-corrected chi connectivity index (χ1v) is 12.7. The number of nitrogens with one attached hydrogen (secondary N) is 1. The van der Waals surface area contributed by atoms with Gasteiger partial charge in [-0.2, -0.15) is 9.61 Å². The Labute approximate surface area is 219 Å². The fourth-order valence-corrected chi connectivity index (χ4v) is 5.26. The molecule has 0 unspecified atom stereocenters. The summed E-state index contributed by atoms with van der Waals surface area (Å²) in [6.07, 6.45) is 2.20. The average molecular weight is 516 g/mol. The number of methoxy groups -OCH3 is 1. The second-order valence-electron chi connectivity index (χ2n) is 9.45. The molecular formula is C28H29N5O5. The number of hydrogen-bond acceptors (Lipinski definition) is 7. The van der Waals surface area contributed by atoms with Crippen LogP contribution in [0.25, 0.3) is 5.65 Å². The van der Waals surface area contributed by atoms with Crippen LogP contribution >= 0.6 is 0 Å². The first kappa shape index (κ1) is 24.1. The summed E-state index contributed by atoms with van der Waals surface area (Å²) < 4.78 is 19.5. The van der Waals surface area contributed by atoms with Gasteiger partial charge in [0.25, 0.3) is 11.5 Å². The van der Waals surface area contributed by atoms with Crippen molar-refractivity contribution in [2.75, 3.05) is 20.4 Å². The minimum absolute atomic E-state index is 0.172. The molecule has 0 atom stereocenters. The van der Waals surface area contributed by atoms with E-state index in [4.69, 9.17) is 14.2 Å². The Morgan fingerprint density at radius 3 is 2.68 bits per heavy atom. The van der Waals surface area contributed by atoms with E-state index in [1.165, 1.54) is 10.7 Å². The maximum absolute atomic E-state index is 13.5. The highest BCUT2D eigenvalue weighted by Crippen LogP contribution is 2.32. The van der Waals surface area contributed by atoms with Gasteiger partial charge in [0.05, 0.1) is 18.9 Å². The molecule has 0 saturated heterocycles. The molecule has 0 bridgehead atoms. The topological polar surface area (TPSA) is 99.3 Å². The highest BCUT2D eigenvalue weighted by molar-refractivity contribution is 5.99. The Kier molecular flexibility index (Phi) is 6.24. The highest BCUT2D eigenvalue weighted by atomic mass is 16.7. The van der Waals surface area contributed by atoms with Crippen LogP contribution in [0.2, 0.25) is 0 Å². The smallest absolute Gasteiger partial charge is 0.279 e. The Morgan fingerprint density at radius 2 is 1.89 bits per heavy atom. The lowest BCUT2D eigenvalue weighted by Crippen LogP contribution is -2.38. The van der Waals surface area contributed by atoms with E-state index < -0.39 is 0 Å². The maximum Gasteiger partial charge on any atom is 0.279 e. The van der Waals surface area contributed by atoms with Gasteiger partial charge in [0, 0.05) is 44.8 Å². The number of amides is 1. The summed E-state index contributed by atoms with van der Waals surface area (Å²) in [5.41, 5.74) is 4.49. The summed E-state index contributed by atoms with van der Waals surface area (Å²) in [5.74, 6) is 1.90. The molecule has 10 nitrogen and oxygen atoms in total. The van der Waals surface area contributed by atoms with Crippen LogP contribution in [0.4, 0.5) is 0 Å². The maximum atomic E-state index is 13.5. The van der Waals surface area contributed by atoms with E-state index in [1.54, 1.807) is 7.11 Å². The molecule has 2 aromatic carbocycles. The van der Waals surface area contributed by atoms with Crippen LogP contribution in [-0.4, -0.2) is 45.4 Å². The third kappa shape index (κ3) is 4.26. The van der Waals surface area contributed by atoms with Crippen molar-refractivity contribution in [1.82, 2.24) is 24.4 Å². The third-order valence-electron chi connectivity index (χ3n) is 7.19. The van der Waals surface area contributed by atoms with E-state index in [0.29, 0.717) is 48.8 Å². The summed E-state index contributed by atoms with van der Waals surface area (Å²) >= 11 is 0. The van der Waals surface area contributed by atoms with Crippen molar-refractivity contribution in [3.63, 3.8) is 0 Å². The monoisotopic (exact) mass is 515 g/mol. The number of nitrogens with zero attached hydrogens (tertiary/aromatic N) is 4. The minimum atomic E-state index is -0.281. The number of aryl methyl sites for hydroxylation is 1. The first-order valence-electron chi connectivity index (χ1n) is 12.7. The molecule has 38 heavy (non-hydrogen) atoms. The van der Waals surface area contributed by atoms with Crippen LogP contribution in [0.5, 0.6) is 17.2 Å². The SMILES string of the molecule is CCn1c2c(c(=O)n3ncc(C(=O)NCc4ccc5c(c4)OCO5)c13)CN(Cc1ccc(OC)cc1)CC2. The fourth-order valence-electron chi connectivity index (χ4n) is 5.26. The standard InChI is InChI=1S/C28H29N5O5/c1-3-32-23-10-11-31(15-18-4-7-20(36-2)8-5-18)16-22(23)28(35)33-27(32)21(14-30-33)26(34)29-13-19-6-9-24-25(12-19)38-17-37-24/h4-9,12,14H,3,10-11,13,15-17H2,1-2H3,(H,29,34). The van der Waals surface area contributed by atoms with Crippen molar-refractivity contribution in [3.05, 3.63) is 87.0 Å². The van der Waals surface area contributed by atoms with Gasteiger partial charge in [-0.05, 0) is 42.3 Å². The van der Waals surface area contributed by atoms with Gasteiger partial charge < -0.3 is 24.1 Å². The van der Waals surface area contributed by atoms with Gasteiger partial charge in [-0.3, -0.25) is 14.5 Å². The molecular weight excluding hydrogens is 486 g/mol. The molecule has 10 heteroatoms. The zero-order chi connectivity index (χ0) is 26.2. The molecule has 6 rings (SSSR count). The van der Waals surface area contributed by atoms with Crippen molar-refractivity contribution in [1.29, 1.82) is 0 Å². The van der Waals surface area contributed by atoms with Crippen molar-refractivity contribution in [3.8, 4) is 17.2 Å². The number of ether oxygens (including phenoxy) is 3. The second kappa shape index (κ2) is 9.86. The van der Waals surface area contributed by atoms with Crippen molar-refractivity contribution >= 4 is 11.6 Å². The van der Waals surface area contributed by atoms with E-state index >= 15 is 0 Å². The van der Waals surface area contributed by atoms with Crippen LogP contribution in [0, 0.1) is 0 Å². The van der Waals surface area contributed by atoms with Gasteiger partial charge in [-0.1, -0.05) is 18.2 Å². The normalized spacial score (nSPS) is 14.5. The second-order valence-corrected chi connectivity index (χ2v) is 9.45. The van der Waals surface area contributed by atoms with Crippen LogP contribution in [0.1, 0.15) is 39.7 Å². The van der Waals surface area contributed by atoms with Gasteiger partial charge in [-0.15, -0.1) is 0 Å². The summed E-state index contributed by atoms with van der Waals surface area (Å²) in [6, 6.07) is 13.6. The third-order valence-corrected chi connectivity index (χ3v) is 7.19.